The van der Waals surface area contributed by atoms with Gasteiger partial charge in [-0.2, -0.15) is 0 Å². The molecule has 0 spiro atoms. The number of anilines is 2. The Balaban J connectivity index is 0.775. The molecule has 14 heteroatoms. The number of carbonyl (C=O) groups is 5. The molecule has 1 aromatic heterocycles. The number of carbonyl (C=O) groups excluding carboxylic acids is 5. The van der Waals surface area contributed by atoms with E-state index in [2.05, 4.69) is 48.2 Å². The molecule has 4 heterocycles. The lowest BCUT2D eigenvalue weighted by Crippen LogP contribution is -2.52. The Hall–Kier alpha value is -7.19. The van der Waals surface area contributed by atoms with Crippen LogP contribution in [0.4, 0.5) is 11.4 Å². The minimum Gasteiger partial charge on any atom is -0.384 e. The van der Waals surface area contributed by atoms with E-state index in [0.29, 0.717) is 71.1 Å². The molecule has 69 heavy (non-hydrogen) atoms. The smallest absolute Gasteiger partial charge is 0.272 e. The van der Waals surface area contributed by atoms with Gasteiger partial charge in [0.25, 0.3) is 23.3 Å². The van der Waals surface area contributed by atoms with E-state index in [-0.39, 0.29) is 47.4 Å². The van der Waals surface area contributed by atoms with E-state index in [0.717, 1.165) is 73.3 Å². The first-order valence-corrected chi connectivity index (χ1v) is 24.0. The predicted octanol–water partition coefficient (Wildman–Crippen LogP) is 7.56. The molecule has 14 nitrogen and oxygen atoms in total. The fraction of sp³-hybridized carbons (Fsp3) is 0.364. The van der Waals surface area contributed by atoms with Crippen molar-refractivity contribution in [2.75, 3.05) is 49.9 Å². The van der Waals surface area contributed by atoms with Gasteiger partial charge in [-0.3, -0.25) is 43.9 Å². The third-order valence-corrected chi connectivity index (χ3v) is 13.6. The minimum atomic E-state index is -0.751. The number of nitrogens with zero attached hydrogens (tertiary/aromatic N) is 5. The van der Waals surface area contributed by atoms with Crippen LogP contribution in [-0.4, -0.2) is 99.1 Å². The molecule has 3 aliphatic heterocycles. The van der Waals surface area contributed by atoms with Crippen molar-refractivity contribution in [3.63, 3.8) is 0 Å². The van der Waals surface area contributed by atoms with Gasteiger partial charge < -0.3 is 20.1 Å². The maximum Gasteiger partial charge on any atom is 0.272 e. The Bertz CT molecular complexity index is 2850. The predicted molar refractivity (Wildman–Crippen MR) is 269 cm³/mol. The molecular formula is C55H62N8O6. The number of aromatic nitrogens is 2. The van der Waals surface area contributed by atoms with Crippen LogP contribution in [0.5, 0.6) is 0 Å². The first-order valence-electron chi connectivity index (χ1n) is 24.0. The van der Waals surface area contributed by atoms with Gasteiger partial charge in [0, 0.05) is 98.1 Å². The Labute approximate surface area is 403 Å². The van der Waals surface area contributed by atoms with Gasteiger partial charge in [-0.1, -0.05) is 88.7 Å². The maximum atomic E-state index is 13.6. The largest absolute Gasteiger partial charge is 0.384 e. The number of hydrogen-bond donors (Lipinski definition) is 3. The number of fused-ring (bicyclic) bond motifs is 1. The van der Waals surface area contributed by atoms with Gasteiger partial charge in [0.1, 0.15) is 11.7 Å². The van der Waals surface area contributed by atoms with Crippen LogP contribution in [0.3, 0.4) is 0 Å². The van der Waals surface area contributed by atoms with Crippen LogP contribution in [-0.2, 0) is 28.5 Å². The zero-order valence-electron chi connectivity index (χ0n) is 40.3. The number of aryl methyl sites for hydroxylation is 1. The van der Waals surface area contributed by atoms with Crippen molar-refractivity contribution in [3.8, 4) is 11.3 Å². The molecule has 1 atom stereocenters. The third kappa shape index (κ3) is 10.8. The zero-order chi connectivity index (χ0) is 49.0. The summed E-state index contributed by atoms with van der Waals surface area (Å²) in [5.74, 6) is -1.28. The van der Waals surface area contributed by atoms with Gasteiger partial charge in [-0.05, 0) is 91.2 Å². The first kappa shape index (κ1) is 48.3. The summed E-state index contributed by atoms with van der Waals surface area (Å²) in [5.41, 5.74) is 8.72. The second-order valence-electron chi connectivity index (χ2n) is 19.4. The molecule has 0 bridgehead atoms. The molecule has 0 aliphatic carbocycles. The highest BCUT2D eigenvalue weighted by Crippen LogP contribution is 2.39. The Kier molecular flexibility index (Phi) is 14.4. The fourth-order valence-electron chi connectivity index (χ4n) is 9.43. The topological polar surface area (TPSA) is 166 Å². The number of benzene rings is 4. The summed E-state index contributed by atoms with van der Waals surface area (Å²) in [6.45, 7) is 17.0. The second kappa shape index (κ2) is 20.6. The molecule has 1 unspecified atom stereocenters. The molecular weight excluding hydrogens is 869 g/mol. The number of nitrogens with one attached hydrogen (secondary N) is 3. The van der Waals surface area contributed by atoms with Gasteiger partial charge in [0.2, 0.25) is 11.8 Å². The first-order chi connectivity index (χ1) is 33.1. The lowest BCUT2D eigenvalue weighted by Gasteiger charge is -2.34. The molecule has 4 aromatic carbocycles. The van der Waals surface area contributed by atoms with Crippen molar-refractivity contribution in [3.05, 3.63) is 153 Å². The summed E-state index contributed by atoms with van der Waals surface area (Å²) in [6.07, 6.45) is 6.54. The van der Waals surface area contributed by atoms with Crippen molar-refractivity contribution < 1.29 is 24.0 Å². The second-order valence-corrected chi connectivity index (χ2v) is 19.4. The molecule has 8 rings (SSSR count). The summed E-state index contributed by atoms with van der Waals surface area (Å²) in [5, 5.41) is 8.83. The van der Waals surface area contributed by atoms with Crippen molar-refractivity contribution in [1.82, 2.24) is 29.6 Å². The monoisotopic (exact) mass is 930 g/mol. The summed E-state index contributed by atoms with van der Waals surface area (Å²) in [6, 6.07) is 25.6. The summed E-state index contributed by atoms with van der Waals surface area (Å²) in [7, 11) is 1.71. The van der Waals surface area contributed by atoms with Crippen LogP contribution in [0.2, 0.25) is 0 Å². The van der Waals surface area contributed by atoms with Gasteiger partial charge in [-0.15, -0.1) is 0 Å². The molecule has 2 fully saturated rings. The van der Waals surface area contributed by atoms with Crippen molar-refractivity contribution in [2.45, 2.75) is 84.1 Å². The number of unbranched alkanes of at least 4 members (excludes halogenated alkanes) is 3. The van der Waals surface area contributed by atoms with E-state index < -0.39 is 11.9 Å². The number of piperazine rings is 1. The lowest BCUT2D eigenvalue weighted by molar-refractivity contribution is -0.136. The Morgan fingerprint density at radius 2 is 1.48 bits per heavy atom. The van der Waals surface area contributed by atoms with E-state index in [1.54, 1.807) is 13.2 Å². The standard InChI is InChI=1S/C55H62N8O6/c1-35-41(13-11-15-43(35)58-50(65)38-21-23-40(24-22-38)55(3,4)5)46-34-60(6)53(68)45(57-46)33-37-17-19-39(20-18-37)52(67)62-31-29-61(30-32-62)28-10-8-7-9-27-56-44-16-12-14-42-36(2)63(54(69)49(42)44)47-25-26-48(64)59-51(47)66/h11-24,34,47,56H,2,7-10,25-33H2,1,3-6H3,(H,58,65)(H,59,64,66). The highest BCUT2D eigenvalue weighted by Gasteiger charge is 2.42. The molecule has 5 aromatic rings. The van der Waals surface area contributed by atoms with E-state index in [9.17, 15) is 28.8 Å². The van der Waals surface area contributed by atoms with Gasteiger partial charge in [0.05, 0.1) is 11.3 Å². The van der Waals surface area contributed by atoms with E-state index in [4.69, 9.17) is 4.98 Å². The summed E-state index contributed by atoms with van der Waals surface area (Å²) in [4.78, 5) is 88.5. The van der Waals surface area contributed by atoms with Gasteiger partial charge >= 0.3 is 0 Å². The van der Waals surface area contributed by atoms with E-state index in [1.165, 1.54) is 9.47 Å². The maximum absolute atomic E-state index is 13.6. The highest BCUT2D eigenvalue weighted by atomic mass is 16.2. The van der Waals surface area contributed by atoms with Crippen LogP contribution in [0.1, 0.15) is 118 Å². The van der Waals surface area contributed by atoms with Crippen LogP contribution < -0.4 is 21.5 Å². The summed E-state index contributed by atoms with van der Waals surface area (Å²) < 4.78 is 1.54. The normalized spacial score (nSPS) is 16.4. The van der Waals surface area contributed by atoms with E-state index in [1.807, 2.05) is 96.8 Å². The quantitative estimate of drug-likeness (QED) is 0.0710. The summed E-state index contributed by atoms with van der Waals surface area (Å²) >= 11 is 0. The number of imide groups is 1. The van der Waals surface area contributed by atoms with Gasteiger partial charge in [-0.25, -0.2) is 4.98 Å². The van der Waals surface area contributed by atoms with Gasteiger partial charge in [0.15, 0.2) is 0 Å². The molecule has 2 saturated heterocycles. The number of hydrogen-bond acceptors (Lipinski definition) is 9. The molecule has 3 N–H and O–H groups in total. The minimum absolute atomic E-state index is 0.00661. The van der Waals surface area contributed by atoms with Crippen LogP contribution >= 0.6 is 0 Å². The fourth-order valence-corrected chi connectivity index (χ4v) is 9.43. The SMILES string of the molecule is C=C1c2cccc(NCCCCCCN3CCN(C(=O)c4ccc(Cc5nc(-c6cccc(NC(=O)c7ccc(C(C)(C)C)cc7)c6C)cn(C)c5=O)cc4)CC3)c2C(=O)N1C1CCC(=O)NC1=O. The van der Waals surface area contributed by atoms with Crippen LogP contribution in [0.25, 0.3) is 17.0 Å². The highest BCUT2D eigenvalue weighted by molar-refractivity contribution is 6.15. The molecule has 3 aliphatic rings. The zero-order valence-corrected chi connectivity index (χ0v) is 40.3. The molecule has 0 saturated carbocycles. The third-order valence-electron chi connectivity index (χ3n) is 13.6. The average Bonchev–Trinajstić information content (AvgIpc) is 3.59. The number of piperidine rings is 1. The average molecular weight is 931 g/mol. The van der Waals surface area contributed by atoms with Crippen molar-refractivity contribution in [2.24, 2.45) is 7.05 Å². The Morgan fingerprint density at radius 1 is 0.812 bits per heavy atom. The number of amides is 5. The van der Waals surface area contributed by atoms with Crippen molar-refractivity contribution in [1.29, 1.82) is 0 Å². The van der Waals surface area contributed by atoms with Crippen molar-refractivity contribution >= 4 is 46.6 Å². The van der Waals surface area contributed by atoms with E-state index >= 15 is 0 Å². The lowest BCUT2D eigenvalue weighted by atomic mass is 9.86. The Morgan fingerprint density at radius 3 is 2.17 bits per heavy atom. The van der Waals surface area contributed by atoms with Crippen LogP contribution in [0.15, 0.2) is 102 Å². The molecule has 5 amide bonds. The van der Waals surface area contributed by atoms with Crippen LogP contribution in [0, 0.1) is 6.92 Å². The molecule has 0 radical (unpaired) electrons. The molecule has 358 valence electrons. The number of rotatable bonds is 15.